The van der Waals surface area contributed by atoms with Crippen LogP contribution >= 0.6 is 0 Å². The summed E-state index contributed by atoms with van der Waals surface area (Å²) in [5.41, 5.74) is 1.71. The molecule has 0 amide bonds. The van der Waals surface area contributed by atoms with Crippen molar-refractivity contribution < 1.29 is 24.5 Å². The number of aliphatic hydroxyl groups is 1. The maximum atomic E-state index is 12.9. The molecule has 0 bridgehead atoms. The van der Waals surface area contributed by atoms with E-state index in [0.717, 1.165) is 27.1 Å². The van der Waals surface area contributed by atoms with Crippen LogP contribution in [0, 0.1) is 0 Å². The molecule has 50 heavy (non-hydrogen) atoms. The lowest BCUT2D eigenvalue weighted by atomic mass is 10.1. The Hall–Kier alpha value is -5.50. The van der Waals surface area contributed by atoms with Crippen LogP contribution in [0.5, 0.6) is 0 Å². The van der Waals surface area contributed by atoms with Crippen molar-refractivity contribution in [2.75, 3.05) is 55.0 Å². The number of pyridine rings is 4. The number of hydrogen-bond acceptors (Lipinski definition) is 10. The van der Waals surface area contributed by atoms with Crippen LogP contribution in [0.25, 0.3) is 43.4 Å². The van der Waals surface area contributed by atoms with Gasteiger partial charge in [-0.25, -0.2) is 9.59 Å². The second-order valence-corrected chi connectivity index (χ2v) is 11.9. The maximum absolute atomic E-state index is 12.9. The van der Waals surface area contributed by atoms with E-state index in [1.54, 1.807) is 77.2 Å². The summed E-state index contributed by atoms with van der Waals surface area (Å²) in [7, 11) is 9.11. The van der Waals surface area contributed by atoms with Crippen LogP contribution in [0.4, 0.5) is 0 Å². The molecule has 6 aromatic rings. The summed E-state index contributed by atoms with van der Waals surface area (Å²) in [5.74, 6) is -1.42. The van der Waals surface area contributed by atoms with Crippen LogP contribution in [-0.2, 0) is 17.8 Å². The van der Waals surface area contributed by atoms with Gasteiger partial charge in [-0.15, -0.1) is 0 Å². The normalized spacial score (nSPS) is 11.1. The molecule has 0 aliphatic carbocycles. The Morgan fingerprint density at radius 1 is 0.700 bits per heavy atom. The molecule has 0 spiro atoms. The van der Waals surface area contributed by atoms with Gasteiger partial charge in [-0.1, -0.05) is 12.1 Å². The minimum atomic E-state index is -1.01. The number of methoxy groups -OCH3 is 1. The summed E-state index contributed by atoms with van der Waals surface area (Å²) in [6.45, 7) is 4.33. The first kappa shape index (κ1) is 37.3. The van der Waals surface area contributed by atoms with Gasteiger partial charge in [0.05, 0.1) is 40.0 Å². The van der Waals surface area contributed by atoms with Crippen LogP contribution in [0.15, 0.2) is 82.9 Å². The highest BCUT2D eigenvalue weighted by molar-refractivity contribution is 6.08. The van der Waals surface area contributed by atoms with E-state index in [0.29, 0.717) is 48.0 Å². The highest BCUT2D eigenvalue weighted by Gasteiger charge is 2.15. The topological polar surface area (TPSA) is 160 Å². The molecule has 2 N–H and O–H groups in total. The fraction of sp³-hybridized carbons (Fsp3) is 0.297. The van der Waals surface area contributed by atoms with Crippen molar-refractivity contribution in [3.05, 3.63) is 105 Å². The van der Waals surface area contributed by atoms with Crippen molar-refractivity contribution in [1.82, 2.24) is 28.9 Å². The molecule has 4 heterocycles. The zero-order valence-electron chi connectivity index (χ0n) is 29.1. The molecule has 2 aromatic carbocycles. The largest absolute Gasteiger partial charge is 0.478 e. The molecular weight excluding hydrogens is 640 g/mol. The van der Waals surface area contributed by atoms with E-state index in [-0.39, 0.29) is 23.3 Å². The van der Waals surface area contributed by atoms with E-state index in [1.807, 2.05) is 50.1 Å². The number of likely N-dealkylation sites (N-methyl/N-ethyl adjacent to an activating group) is 2. The van der Waals surface area contributed by atoms with E-state index in [4.69, 9.17) is 9.84 Å². The van der Waals surface area contributed by atoms with Gasteiger partial charge in [0.2, 0.25) is 0 Å². The van der Waals surface area contributed by atoms with Gasteiger partial charge >= 0.3 is 11.9 Å². The average molecular weight is 683 g/mol. The Morgan fingerprint density at radius 3 is 1.52 bits per heavy atom. The van der Waals surface area contributed by atoms with Gasteiger partial charge in [-0.3, -0.25) is 19.6 Å². The molecule has 6 rings (SSSR count). The van der Waals surface area contributed by atoms with Crippen LogP contribution < -0.4 is 11.1 Å². The first-order valence-electron chi connectivity index (χ1n) is 16.0. The van der Waals surface area contributed by atoms with Gasteiger partial charge < -0.3 is 33.9 Å². The Labute approximate surface area is 288 Å². The van der Waals surface area contributed by atoms with Gasteiger partial charge in [0.15, 0.2) is 0 Å². The Kier molecular flexibility index (Phi) is 12.5. The average Bonchev–Trinajstić information content (AvgIpc) is 3.11. The third-order valence-corrected chi connectivity index (χ3v) is 7.96. The van der Waals surface area contributed by atoms with Gasteiger partial charge in [0.1, 0.15) is 0 Å². The Balaban J connectivity index is 0.000000209. The molecule has 0 aliphatic heterocycles. The van der Waals surface area contributed by atoms with Crippen LogP contribution in [-0.4, -0.2) is 106 Å². The number of benzene rings is 2. The lowest BCUT2D eigenvalue weighted by molar-refractivity contribution is 0.0600. The second kappa shape index (κ2) is 16.7. The zero-order valence-corrected chi connectivity index (χ0v) is 29.1. The molecule has 4 aromatic heterocycles. The number of esters is 1. The van der Waals surface area contributed by atoms with Crippen molar-refractivity contribution in [2.24, 2.45) is 0 Å². The van der Waals surface area contributed by atoms with Gasteiger partial charge in [0.25, 0.3) is 11.1 Å². The molecule has 13 nitrogen and oxygen atoms in total. The van der Waals surface area contributed by atoms with Crippen molar-refractivity contribution in [1.29, 1.82) is 0 Å². The minimum Gasteiger partial charge on any atom is -0.478 e. The smallest absolute Gasteiger partial charge is 0.337 e. The Bertz CT molecular complexity index is 2280. The number of carbonyl (C=O) groups is 2. The van der Waals surface area contributed by atoms with Crippen LogP contribution in [0.3, 0.4) is 0 Å². The standard InChI is InChI=1S/C18H19N3O3.C17H17N3O3.C2H6O/c1-20(2)8-9-21-16-10-12(18(23)24-3)4-5-14(16)13-6-7-19-11-15(13)17(21)22;1-19(2)7-8-20-15-9-11(17(22)23)3-4-13(15)12-5-6-18-10-14(12)16(20)21;1-2-3/h4-7,10-11H,8-9H2,1-3H3;3-6,9-10H,7-8H2,1-2H3,(H,22,23);3H,2H2,1H3. The molecule has 0 saturated carbocycles. The van der Waals surface area contributed by atoms with E-state index in [2.05, 4.69) is 9.97 Å². The summed E-state index contributed by atoms with van der Waals surface area (Å²) in [6.07, 6.45) is 6.46. The van der Waals surface area contributed by atoms with Gasteiger partial charge in [-0.05, 0) is 82.3 Å². The summed E-state index contributed by atoms with van der Waals surface area (Å²) in [4.78, 5) is 60.9. The molecule has 262 valence electrons. The molecule has 0 atom stereocenters. The third-order valence-electron chi connectivity index (χ3n) is 7.96. The van der Waals surface area contributed by atoms with E-state index in [9.17, 15) is 24.3 Å². The number of carboxylic acid groups (broad SMARTS) is 1. The van der Waals surface area contributed by atoms with E-state index < -0.39 is 11.9 Å². The fourth-order valence-corrected chi connectivity index (χ4v) is 5.50. The van der Waals surface area contributed by atoms with Crippen molar-refractivity contribution >= 4 is 55.3 Å². The number of rotatable bonds is 8. The third kappa shape index (κ3) is 8.20. The summed E-state index contributed by atoms with van der Waals surface area (Å²) in [5, 5.41) is 21.3. The molecule has 0 fully saturated rings. The second-order valence-electron chi connectivity index (χ2n) is 11.9. The summed E-state index contributed by atoms with van der Waals surface area (Å²) >= 11 is 0. The fourth-order valence-electron chi connectivity index (χ4n) is 5.50. The minimum absolute atomic E-state index is 0.102. The number of aliphatic hydroxyl groups excluding tert-OH is 1. The van der Waals surface area contributed by atoms with Crippen molar-refractivity contribution in [3.63, 3.8) is 0 Å². The number of ether oxygens (including phenoxy) is 1. The van der Waals surface area contributed by atoms with E-state index in [1.165, 1.54) is 7.11 Å². The summed E-state index contributed by atoms with van der Waals surface area (Å²) in [6, 6.07) is 13.8. The maximum Gasteiger partial charge on any atom is 0.337 e. The lowest BCUT2D eigenvalue weighted by Gasteiger charge is -2.16. The van der Waals surface area contributed by atoms with Crippen molar-refractivity contribution in [3.8, 4) is 0 Å². The quantitative estimate of drug-likeness (QED) is 0.178. The number of nitrogens with zero attached hydrogens (tertiary/aromatic N) is 6. The highest BCUT2D eigenvalue weighted by Crippen LogP contribution is 2.25. The first-order chi connectivity index (χ1) is 23.9. The number of aromatic carboxylic acids is 1. The molecule has 0 aliphatic rings. The highest BCUT2D eigenvalue weighted by atomic mass is 16.5. The van der Waals surface area contributed by atoms with Crippen molar-refractivity contribution in [2.45, 2.75) is 20.0 Å². The molecule has 0 unspecified atom stereocenters. The zero-order chi connectivity index (χ0) is 36.5. The number of carbonyl (C=O) groups excluding carboxylic acids is 1. The number of aromatic nitrogens is 4. The predicted molar refractivity (Wildman–Crippen MR) is 195 cm³/mol. The number of hydrogen-bond donors (Lipinski definition) is 2. The molecule has 13 heteroatoms. The first-order valence-corrected chi connectivity index (χ1v) is 16.0. The lowest BCUT2D eigenvalue weighted by Crippen LogP contribution is -2.27. The summed E-state index contributed by atoms with van der Waals surface area (Å²) < 4.78 is 8.13. The number of carboxylic acids is 1. The molecular formula is C37H42N6O7. The molecule has 0 radical (unpaired) electrons. The van der Waals surface area contributed by atoms with Gasteiger partial charge in [-0.2, -0.15) is 0 Å². The molecule has 0 saturated heterocycles. The van der Waals surface area contributed by atoms with Gasteiger partial charge in [0, 0.05) is 68.3 Å². The number of fused-ring (bicyclic) bond motifs is 6. The Morgan fingerprint density at radius 2 is 1.12 bits per heavy atom. The van der Waals surface area contributed by atoms with E-state index >= 15 is 0 Å². The van der Waals surface area contributed by atoms with Crippen LogP contribution in [0.2, 0.25) is 0 Å². The SMILES string of the molecule is CCO.CN(C)CCn1c(=O)c2cnccc2c2ccc(C(=O)O)cc21.COC(=O)c1ccc2c3ccncc3c(=O)n(CCN(C)C)c2c1. The monoisotopic (exact) mass is 682 g/mol. The van der Waals surface area contributed by atoms with Crippen LogP contribution in [0.1, 0.15) is 27.6 Å². The predicted octanol–water partition coefficient (Wildman–Crippen LogP) is 3.71.